The zero-order valence-corrected chi connectivity index (χ0v) is 14.4. The van der Waals surface area contributed by atoms with E-state index in [0.717, 1.165) is 6.54 Å². The normalized spacial score (nSPS) is 10.8. The Hall–Kier alpha value is -3.06. The Morgan fingerprint density at radius 2 is 1.40 bits per heavy atom. The average Bonchev–Trinajstić information content (AvgIpc) is 2.67. The van der Waals surface area contributed by atoms with Crippen LogP contribution < -0.4 is 4.90 Å². The molecule has 0 radical (unpaired) electrons. The maximum atomic E-state index is 2.41. The fourth-order valence-electron chi connectivity index (χ4n) is 3.32. The van der Waals surface area contributed by atoms with Gasteiger partial charge in [-0.05, 0) is 41.6 Å². The molecule has 0 aliphatic heterocycles. The quantitative estimate of drug-likeness (QED) is 0.415. The molecule has 4 rings (SSSR count). The Morgan fingerprint density at radius 3 is 2.24 bits per heavy atom. The predicted octanol–water partition coefficient (Wildman–Crippen LogP) is 6.49. The summed E-state index contributed by atoms with van der Waals surface area (Å²) in [5.41, 5.74) is 5.04. The van der Waals surface area contributed by atoms with Gasteiger partial charge >= 0.3 is 0 Å². The Bertz CT molecular complexity index is 984. The van der Waals surface area contributed by atoms with Crippen LogP contribution in [-0.4, -0.2) is 0 Å². The van der Waals surface area contributed by atoms with Crippen LogP contribution in [0.5, 0.6) is 0 Å². The van der Waals surface area contributed by atoms with Crippen LogP contribution in [-0.2, 0) is 6.54 Å². The highest BCUT2D eigenvalue weighted by atomic mass is 15.1. The molecule has 0 N–H and O–H groups in total. The molecule has 0 spiro atoms. The van der Waals surface area contributed by atoms with Crippen LogP contribution >= 0.6 is 0 Å². The van der Waals surface area contributed by atoms with Gasteiger partial charge < -0.3 is 4.90 Å². The first-order valence-electron chi connectivity index (χ1n) is 8.67. The Labute approximate surface area is 149 Å². The summed E-state index contributed by atoms with van der Waals surface area (Å²) in [5, 5.41) is 2.55. The fraction of sp³-hybridized carbons (Fsp3) is 0.0833. The molecule has 0 aliphatic carbocycles. The van der Waals surface area contributed by atoms with Crippen molar-refractivity contribution in [2.24, 2.45) is 0 Å². The number of fused-ring (bicyclic) bond motifs is 1. The second-order valence-electron chi connectivity index (χ2n) is 6.41. The number of hydrogen-bond donors (Lipinski definition) is 0. The zero-order chi connectivity index (χ0) is 17.1. The topological polar surface area (TPSA) is 3.24 Å². The smallest absolute Gasteiger partial charge is 0.0493 e. The summed E-state index contributed by atoms with van der Waals surface area (Å²) >= 11 is 0. The maximum Gasteiger partial charge on any atom is 0.0493 e. The molecule has 0 heterocycles. The lowest BCUT2D eigenvalue weighted by Crippen LogP contribution is -2.16. The van der Waals surface area contributed by atoms with Gasteiger partial charge in [0.25, 0.3) is 0 Å². The first-order chi connectivity index (χ1) is 12.3. The van der Waals surface area contributed by atoms with Crippen LogP contribution in [0, 0.1) is 6.92 Å². The monoisotopic (exact) mass is 323 g/mol. The SMILES string of the molecule is Cc1cccc(N(Cc2ccccc2)c2cccc3ccccc23)c1. The Morgan fingerprint density at radius 1 is 0.680 bits per heavy atom. The third-order valence-electron chi connectivity index (χ3n) is 4.55. The van der Waals surface area contributed by atoms with Crippen molar-refractivity contribution in [2.75, 3.05) is 4.90 Å². The lowest BCUT2D eigenvalue weighted by molar-refractivity contribution is 0.979. The number of hydrogen-bond acceptors (Lipinski definition) is 1. The van der Waals surface area contributed by atoms with Gasteiger partial charge in [0.05, 0.1) is 0 Å². The van der Waals surface area contributed by atoms with E-state index in [0.29, 0.717) is 0 Å². The van der Waals surface area contributed by atoms with Gasteiger partial charge in [-0.3, -0.25) is 0 Å². The molecule has 0 saturated carbocycles. The second kappa shape index (κ2) is 6.82. The molecule has 122 valence electrons. The highest BCUT2D eigenvalue weighted by Gasteiger charge is 2.13. The molecule has 1 nitrogen and oxygen atoms in total. The van der Waals surface area contributed by atoms with Crippen LogP contribution in [0.15, 0.2) is 97.1 Å². The second-order valence-corrected chi connectivity index (χ2v) is 6.41. The van der Waals surface area contributed by atoms with E-state index in [1.807, 2.05) is 0 Å². The molecular formula is C24H21N. The van der Waals surface area contributed by atoms with Crippen molar-refractivity contribution in [1.82, 2.24) is 0 Å². The summed E-state index contributed by atoms with van der Waals surface area (Å²) < 4.78 is 0. The highest BCUT2D eigenvalue weighted by molar-refractivity contribution is 5.96. The molecule has 0 atom stereocenters. The summed E-state index contributed by atoms with van der Waals surface area (Å²) in [5.74, 6) is 0. The van der Waals surface area contributed by atoms with Crippen LogP contribution in [0.4, 0.5) is 11.4 Å². The van der Waals surface area contributed by atoms with Crippen molar-refractivity contribution in [3.05, 3.63) is 108 Å². The average molecular weight is 323 g/mol. The van der Waals surface area contributed by atoms with Crippen molar-refractivity contribution in [3.63, 3.8) is 0 Å². The molecule has 4 aromatic carbocycles. The maximum absolute atomic E-state index is 2.41. The molecule has 0 unspecified atom stereocenters. The Kier molecular flexibility index (Phi) is 4.22. The van der Waals surface area contributed by atoms with E-state index < -0.39 is 0 Å². The summed E-state index contributed by atoms with van der Waals surface area (Å²) in [6.45, 7) is 2.99. The van der Waals surface area contributed by atoms with E-state index in [1.54, 1.807) is 0 Å². The van der Waals surface area contributed by atoms with Crippen molar-refractivity contribution in [1.29, 1.82) is 0 Å². The first-order valence-corrected chi connectivity index (χ1v) is 8.67. The fourth-order valence-corrected chi connectivity index (χ4v) is 3.32. The lowest BCUT2D eigenvalue weighted by Gasteiger charge is -2.27. The van der Waals surface area contributed by atoms with Crippen LogP contribution in [0.25, 0.3) is 10.8 Å². The Balaban J connectivity index is 1.87. The zero-order valence-electron chi connectivity index (χ0n) is 14.4. The number of anilines is 2. The number of rotatable bonds is 4. The highest BCUT2D eigenvalue weighted by Crippen LogP contribution is 2.34. The first kappa shape index (κ1) is 15.5. The molecule has 0 aliphatic rings. The standard InChI is InChI=1S/C24H21N/c1-19-9-7-14-22(17-19)25(18-20-10-3-2-4-11-20)24-16-8-13-21-12-5-6-15-23(21)24/h2-17H,18H2,1H3. The summed E-state index contributed by atoms with van der Waals surface area (Å²) in [6.07, 6.45) is 0. The minimum absolute atomic E-state index is 0.846. The van der Waals surface area contributed by atoms with Crippen LogP contribution in [0.2, 0.25) is 0 Å². The van der Waals surface area contributed by atoms with Gasteiger partial charge in [0.1, 0.15) is 0 Å². The van der Waals surface area contributed by atoms with E-state index in [2.05, 4.69) is 109 Å². The summed E-state index contributed by atoms with van der Waals surface area (Å²) in [6, 6.07) is 34.5. The van der Waals surface area contributed by atoms with Gasteiger partial charge in [-0.2, -0.15) is 0 Å². The summed E-state index contributed by atoms with van der Waals surface area (Å²) in [7, 11) is 0. The van der Waals surface area contributed by atoms with Gasteiger partial charge in [0.15, 0.2) is 0 Å². The molecule has 0 fully saturated rings. The van der Waals surface area contributed by atoms with Crippen LogP contribution in [0.3, 0.4) is 0 Å². The van der Waals surface area contributed by atoms with Gasteiger partial charge in [-0.15, -0.1) is 0 Å². The van der Waals surface area contributed by atoms with Crippen LogP contribution in [0.1, 0.15) is 11.1 Å². The third kappa shape index (κ3) is 3.27. The number of benzene rings is 4. The van der Waals surface area contributed by atoms with E-state index in [1.165, 1.54) is 33.3 Å². The number of nitrogens with zero attached hydrogens (tertiary/aromatic N) is 1. The van der Waals surface area contributed by atoms with Gasteiger partial charge in [-0.25, -0.2) is 0 Å². The molecule has 0 amide bonds. The predicted molar refractivity (Wildman–Crippen MR) is 107 cm³/mol. The van der Waals surface area contributed by atoms with Gasteiger partial charge in [-0.1, -0.05) is 78.9 Å². The van der Waals surface area contributed by atoms with Crippen molar-refractivity contribution >= 4 is 22.1 Å². The molecule has 0 bridgehead atoms. The van der Waals surface area contributed by atoms with Crippen molar-refractivity contribution < 1.29 is 0 Å². The van der Waals surface area contributed by atoms with Crippen molar-refractivity contribution in [2.45, 2.75) is 13.5 Å². The number of aryl methyl sites for hydroxylation is 1. The van der Waals surface area contributed by atoms with Crippen molar-refractivity contribution in [3.8, 4) is 0 Å². The van der Waals surface area contributed by atoms with Gasteiger partial charge in [0, 0.05) is 23.3 Å². The molecule has 0 aromatic heterocycles. The minimum atomic E-state index is 0.846. The van der Waals surface area contributed by atoms with E-state index >= 15 is 0 Å². The third-order valence-corrected chi connectivity index (χ3v) is 4.55. The van der Waals surface area contributed by atoms with Gasteiger partial charge in [0.2, 0.25) is 0 Å². The molecule has 4 aromatic rings. The molecular weight excluding hydrogens is 302 g/mol. The minimum Gasteiger partial charge on any atom is -0.336 e. The summed E-state index contributed by atoms with van der Waals surface area (Å²) in [4.78, 5) is 2.41. The van der Waals surface area contributed by atoms with E-state index in [4.69, 9.17) is 0 Å². The largest absolute Gasteiger partial charge is 0.336 e. The van der Waals surface area contributed by atoms with E-state index in [9.17, 15) is 0 Å². The lowest BCUT2D eigenvalue weighted by atomic mass is 10.1. The molecule has 1 heteroatoms. The molecule has 25 heavy (non-hydrogen) atoms. The molecule has 0 saturated heterocycles. The van der Waals surface area contributed by atoms with E-state index in [-0.39, 0.29) is 0 Å².